The van der Waals surface area contributed by atoms with E-state index in [-0.39, 0.29) is 11.4 Å². The average molecular weight is 248 g/mol. The van der Waals surface area contributed by atoms with E-state index < -0.39 is 0 Å². The first-order valence-electron chi connectivity index (χ1n) is 6.24. The highest BCUT2D eigenvalue weighted by atomic mass is 16.5. The number of carbonyl (C=O) groups is 1. The molecule has 0 aromatic heterocycles. The van der Waals surface area contributed by atoms with E-state index in [1.54, 1.807) is 19.1 Å². The number of nitrogens with zero attached hydrogens (tertiary/aromatic N) is 1. The summed E-state index contributed by atoms with van der Waals surface area (Å²) in [7, 11) is 3.37. The summed E-state index contributed by atoms with van der Waals surface area (Å²) in [5.74, 6) is 0.745. The number of methoxy groups -OCH3 is 1. The monoisotopic (exact) mass is 248 g/mol. The molecule has 2 N–H and O–H groups in total. The van der Waals surface area contributed by atoms with Crippen LogP contribution in [0.15, 0.2) is 24.3 Å². The molecule has 1 aromatic rings. The summed E-state index contributed by atoms with van der Waals surface area (Å²) in [6.45, 7) is 0. The third kappa shape index (κ3) is 2.48. The predicted molar refractivity (Wildman–Crippen MR) is 71.8 cm³/mol. The fraction of sp³-hybridized carbons (Fsp3) is 0.500. The number of para-hydroxylation sites is 2. The molecule has 18 heavy (non-hydrogen) atoms. The van der Waals surface area contributed by atoms with E-state index in [4.69, 9.17) is 10.5 Å². The standard InChI is InChI=1S/C14H20N2O2/c1-16(11-6-3-4-7-12(11)18-2)13(17)10-14(15)8-5-9-14/h3-4,6-7H,5,8-10,15H2,1-2H3. The van der Waals surface area contributed by atoms with Gasteiger partial charge in [-0.25, -0.2) is 0 Å². The van der Waals surface area contributed by atoms with Crippen LogP contribution in [-0.2, 0) is 4.79 Å². The zero-order valence-corrected chi connectivity index (χ0v) is 11.0. The summed E-state index contributed by atoms with van der Waals surface area (Å²) in [4.78, 5) is 13.8. The molecule has 1 aromatic carbocycles. The third-order valence-corrected chi connectivity index (χ3v) is 3.67. The Hall–Kier alpha value is -1.55. The second-order valence-corrected chi connectivity index (χ2v) is 5.02. The van der Waals surface area contributed by atoms with Gasteiger partial charge in [-0.15, -0.1) is 0 Å². The van der Waals surface area contributed by atoms with Gasteiger partial charge in [0.1, 0.15) is 5.75 Å². The Bertz CT molecular complexity index is 441. The minimum Gasteiger partial charge on any atom is -0.495 e. The SMILES string of the molecule is COc1ccccc1N(C)C(=O)CC1(N)CCC1. The van der Waals surface area contributed by atoms with E-state index in [2.05, 4.69) is 0 Å². The van der Waals surface area contributed by atoms with Gasteiger partial charge in [-0.1, -0.05) is 12.1 Å². The van der Waals surface area contributed by atoms with Gasteiger partial charge in [0, 0.05) is 19.0 Å². The van der Waals surface area contributed by atoms with E-state index in [0.717, 1.165) is 24.9 Å². The molecular weight excluding hydrogens is 228 g/mol. The number of hydrogen-bond donors (Lipinski definition) is 1. The normalized spacial score (nSPS) is 16.8. The van der Waals surface area contributed by atoms with Crippen LogP contribution in [0.25, 0.3) is 0 Å². The summed E-state index contributed by atoms with van der Waals surface area (Å²) in [5, 5.41) is 0. The minimum atomic E-state index is -0.284. The maximum atomic E-state index is 12.2. The second-order valence-electron chi connectivity index (χ2n) is 5.02. The summed E-state index contributed by atoms with van der Waals surface area (Å²) in [6.07, 6.45) is 3.42. The molecular formula is C14H20N2O2. The first-order chi connectivity index (χ1) is 8.56. The van der Waals surface area contributed by atoms with Crippen LogP contribution in [-0.4, -0.2) is 25.6 Å². The van der Waals surface area contributed by atoms with Gasteiger partial charge in [0.15, 0.2) is 0 Å². The molecule has 0 aliphatic heterocycles. The molecule has 0 unspecified atom stereocenters. The van der Waals surface area contributed by atoms with Crippen LogP contribution in [0, 0.1) is 0 Å². The quantitative estimate of drug-likeness (QED) is 0.885. The lowest BCUT2D eigenvalue weighted by Crippen LogP contribution is -2.50. The Morgan fingerprint density at radius 3 is 2.67 bits per heavy atom. The smallest absolute Gasteiger partial charge is 0.228 e. The number of anilines is 1. The Balaban J connectivity index is 2.10. The Labute approximate surface area is 108 Å². The highest BCUT2D eigenvalue weighted by molar-refractivity contribution is 5.95. The third-order valence-electron chi connectivity index (χ3n) is 3.67. The molecule has 4 nitrogen and oxygen atoms in total. The molecule has 1 aliphatic rings. The first kappa shape index (κ1) is 12.9. The van der Waals surface area contributed by atoms with Gasteiger partial charge < -0.3 is 15.4 Å². The summed E-state index contributed by atoms with van der Waals surface area (Å²) >= 11 is 0. The van der Waals surface area contributed by atoms with Gasteiger partial charge in [0.25, 0.3) is 0 Å². The van der Waals surface area contributed by atoms with E-state index in [9.17, 15) is 4.79 Å². The van der Waals surface area contributed by atoms with Crippen LogP contribution in [0.5, 0.6) is 5.75 Å². The zero-order chi connectivity index (χ0) is 13.2. The Morgan fingerprint density at radius 2 is 2.11 bits per heavy atom. The van der Waals surface area contributed by atoms with Crippen LogP contribution in [0.1, 0.15) is 25.7 Å². The van der Waals surface area contributed by atoms with Crippen molar-refractivity contribution in [2.45, 2.75) is 31.2 Å². The van der Waals surface area contributed by atoms with Crippen LogP contribution < -0.4 is 15.4 Å². The van der Waals surface area contributed by atoms with E-state index >= 15 is 0 Å². The first-order valence-corrected chi connectivity index (χ1v) is 6.24. The molecule has 1 aliphatic carbocycles. The molecule has 0 spiro atoms. The molecule has 1 saturated carbocycles. The molecule has 0 bridgehead atoms. The maximum Gasteiger partial charge on any atom is 0.228 e. The van der Waals surface area contributed by atoms with Crippen molar-refractivity contribution < 1.29 is 9.53 Å². The Morgan fingerprint density at radius 1 is 1.44 bits per heavy atom. The number of ether oxygens (including phenoxy) is 1. The number of rotatable bonds is 4. The lowest BCUT2D eigenvalue weighted by atomic mass is 9.75. The van der Waals surface area contributed by atoms with Crippen molar-refractivity contribution in [2.75, 3.05) is 19.1 Å². The average Bonchev–Trinajstić information content (AvgIpc) is 2.35. The highest BCUT2D eigenvalue weighted by Gasteiger charge is 2.35. The number of hydrogen-bond acceptors (Lipinski definition) is 3. The maximum absolute atomic E-state index is 12.2. The van der Waals surface area contributed by atoms with Gasteiger partial charge in [0.2, 0.25) is 5.91 Å². The van der Waals surface area contributed by atoms with Gasteiger partial charge >= 0.3 is 0 Å². The lowest BCUT2D eigenvalue weighted by molar-refractivity contribution is -0.120. The van der Waals surface area contributed by atoms with Gasteiger partial charge in [-0.05, 0) is 31.4 Å². The molecule has 98 valence electrons. The lowest BCUT2D eigenvalue weighted by Gasteiger charge is -2.38. The van der Waals surface area contributed by atoms with Crippen molar-refractivity contribution in [2.24, 2.45) is 5.73 Å². The molecule has 0 radical (unpaired) electrons. The van der Waals surface area contributed by atoms with Gasteiger partial charge in [-0.2, -0.15) is 0 Å². The summed E-state index contributed by atoms with van der Waals surface area (Å²) in [5.41, 5.74) is 6.61. The Kier molecular flexibility index (Phi) is 3.57. The van der Waals surface area contributed by atoms with E-state index in [1.165, 1.54) is 0 Å². The van der Waals surface area contributed by atoms with Gasteiger partial charge in [0.05, 0.1) is 12.8 Å². The van der Waals surface area contributed by atoms with Crippen molar-refractivity contribution in [1.29, 1.82) is 0 Å². The minimum absolute atomic E-state index is 0.0432. The zero-order valence-electron chi connectivity index (χ0n) is 11.0. The number of nitrogens with two attached hydrogens (primary N) is 1. The number of carbonyl (C=O) groups excluding carboxylic acids is 1. The molecule has 2 rings (SSSR count). The molecule has 1 amide bonds. The van der Waals surface area contributed by atoms with Crippen molar-refractivity contribution in [3.8, 4) is 5.75 Å². The van der Waals surface area contributed by atoms with Crippen LogP contribution >= 0.6 is 0 Å². The van der Waals surface area contributed by atoms with Crippen molar-refractivity contribution in [3.63, 3.8) is 0 Å². The van der Waals surface area contributed by atoms with E-state index in [1.807, 2.05) is 24.3 Å². The second kappa shape index (κ2) is 4.98. The molecule has 0 saturated heterocycles. The number of benzene rings is 1. The van der Waals surface area contributed by atoms with Crippen LogP contribution in [0.3, 0.4) is 0 Å². The largest absolute Gasteiger partial charge is 0.495 e. The molecule has 0 atom stereocenters. The van der Waals surface area contributed by atoms with Crippen LogP contribution in [0.2, 0.25) is 0 Å². The van der Waals surface area contributed by atoms with E-state index in [0.29, 0.717) is 12.2 Å². The number of amides is 1. The topological polar surface area (TPSA) is 55.6 Å². The molecule has 0 heterocycles. The van der Waals surface area contributed by atoms with Gasteiger partial charge in [-0.3, -0.25) is 4.79 Å². The molecule has 1 fully saturated rings. The van der Waals surface area contributed by atoms with Crippen molar-refractivity contribution in [3.05, 3.63) is 24.3 Å². The van der Waals surface area contributed by atoms with Crippen molar-refractivity contribution in [1.82, 2.24) is 0 Å². The fourth-order valence-corrected chi connectivity index (χ4v) is 2.27. The summed E-state index contributed by atoms with van der Waals surface area (Å²) in [6, 6.07) is 7.50. The highest BCUT2D eigenvalue weighted by Crippen LogP contribution is 2.34. The fourth-order valence-electron chi connectivity index (χ4n) is 2.27. The summed E-state index contributed by atoms with van der Waals surface area (Å²) < 4.78 is 5.26. The van der Waals surface area contributed by atoms with Crippen LogP contribution in [0.4, 0.5) is 5.69 Å². The van der Waals surface area contributed by atoms with Crippen molar-refractivity contribution >= 4 is 11.6 Å². The molecule has 4 heteroatoms. The predicted octanol–water partition coefficient (Wildman–Crippen LogP) is 1.93.